The van der Waals surface area contributed by atoms with Gasteiger partial charge < -0.3 is 15.1 Å². The minimum atomic E-state index is -0.149. The van der Waals surface area contributed by atoms with Crippen molar-refractivity contribution in [1.29, 1.82) is 0 Å². The molecule has 1 saturated carbocycles. The highest BCUT2D eigenvalue weighted by molar-refractivity contribution is 5.85. The van der Waals surface area contributed by atoms with Crippen molar-refractivity contribution in [3.05, 3.63) is 30.1 Å². The van der Waals surface area contributed by atoms with Gasteiger partial charge in [-0.3, -0.25) is 0 Å². The molecule has 1 N–H and O–H groups in total. The average Bonchev–Trinajstić information content (AvgIpc) is 3.00. The second-order valence-electron chi connectivity index (χ2n) is 6.77. The maximum Gasteiger partial charge on any atom is 0.123 e. The number of piperidine rings is 1. The fourth-order valence-electron chi connectivity index (χ4n) is 4.18. The summed E-state index contributed by atoms with van der Waals surface area (Å²) >= 11 is 0. The summed E-state index contributed by atoms with van der Waals surface area (Å²) < 4.78 is 13.0. The molecule has 6 heteroatoms. The fourth-order valence-corrected chi connectivity index (χ4v) is 4.18. The predicted molar refractivity (Wildman–Crippen MR) is 97.5 cm³/mol. The highest BCUT2D eigenvalue weighted by atomic mass is 35.5. The number of anilines is 1. The molecule has 1 unspecified atom stereocenters. The van der Waals surface area contributed by atoms with E-state index in [9.17, 15) is 4.39 Å². The van der Waals surface area contributed by atoms with Crippen molar-refractivity contribution >= 4 is 30.5 Å². The van der Waals surface area contributed by atoms with Crippen LogP contribution in [0.3, 0.4) is 0 Å². The molecule has 0 spiro atoms. The molecule has 0 radical (unpaired) electrons. The second kappa shape index (κ2) is 8.02. The quantitative estimate of drug-likeness (QED) is 0.892. The first-order chi connectivity index (χ1) is 10.3. The third-order valence-electron chi connectivity index (χ3n) is 5.52. The number of fused-ring (bicyclic) bond motifs is 1. The largest absolute Gasteiger partial charge is 0.370 e. The Labute approximate surface area is 150 Å². The summed E-state index contributed by atoms with van der Waals surface area (Å²) in [5.41, 5.74) is 1.16. The van der Waals surface area contributed by atoms with Crippen LogP contribution in [0.15, 0.2) is 24.3 Å². The Hall–Kier alpha value is -0.550. The summed E-state index contributed by atoms with van der Waals surface area (Å²) in [5, 5.41) is 3.48. The molecule has 3 fully saturated rings. The van der Waals surface area contributed by atoms with E-state index in [-0.39, 0.29) is 30.6 Å². The molecule has 0 bridgehead atoms. The molecule has 2 saturated heterocycles. The SMILES string of the molecule is Cl.Cl.Fc1ccc(N2CCCN(CC3[C@H]4CNC[C@@H]34)CC2)cc1. The van der Waals surface area contributed by atoms with Gasteiger partial charge in [0, 0.05) is 31.9 Å². The first kappa shape index (κ1) is 18.8. The Morgan fingerprint density at radius 1 is 0.957 bits per heavy atom. The third-order valence-corrected chi connectivity index (χ3v) is 5.52. The zero-order chi connectivity index (χ0) is 14.2. The minimum Gasteiger partial charge on any atom is -0.370 e. The van der Waals surface area contributed by atoms with Gasteiger partial charge in [0.2, 0.25) is 0 Å². The molecule has 1 aliphatic carbocycles. The Balaban J connectivity index is 0.000000960. The van der Waals surface area contributed by atoms with Gasteiger partial charge in [0.15, 0.2) is 0 Å². The molecule has 130 valence electrons. The topological polar surface area (TPSA) is 18.5 Å². The highest BCUT2D eigenvalue weighted by Gasteiger charge is 2.52. The molecule has 1 aromatic rings. The zero-order valence-corrected chi connectivity index (χ0v) is 14.9. The lowest BCUT2D eigenvalue weighted by atomic mass is 10.2. The lowest BCUT2D eigenvalue weighted by Crippen LogP contribution is -2.33. The van der Waals surface area contributed by atoms with Gasteiger partial charge in [-0.15, -0.1) is 24.8 Å². The van der Waals surface area contributed by atoms with Crippen LogP contribution in [0.2, 0.25) is 0 Å². The Bertz CT molecular complexity index is 489. The smallest absolute Gasteiger partial charge is 0.123 e. The number of rotatable bonds is 3. The molecule has 0 amide bonds. The summed E-state index contributed by atoms with van der Waals surface area (Å²) in [7, 11) is 0. The van der Waals surface area contributed by atoms with Crippen LogP contribution in [-0.2, 0) is 0 Å². The molecule has 4 rings (SSSR count). The van der Waals surface area contributed by atoms with E-state index in [1.807, 2.05) is 12.1 Å². The molecule has 2 heterocycles. The van der Waals surface area contributed by atoms with E-state index in [0.29, 0.717) is 0 Å². The summed E-state index contributed by atoms with van der Waals surface area (Å²) in [6, 6.07) is 6.94. The summed E-state index contributed by atoms with van der Waals surface area (Å²) in [6.45, 7) is 8.26. The van der Waals surface area contributed by atoms with Crippen molar-refractivity contribution in [2.45, 2.75) is 6.42 Å². The van der Waals surface area contributed by atoms with E-state index in [2.05, 4.69) is 15.1 Å². The van der Waals surface area contributed by atoms with Crippen LogP contribution in [-0.4, -0.2) is 50.7 Å². The lowest BCUT2D eigenvalue weighted by molar-refractivity contribution is 0.268. The van der Waals surface area contributed by atoms with Gasteiger partial charge in [0.1, 0.15) is 5.82 Å². The summed E-state index contributed by atoms with van der Waals surface area (Å²) in [5.74, 6) is 2.72. The first-order valence-corrected chi connectivity index (χ1v) is 8.25. The van der Waals surface area contributed by atoms with Crippen LogP contribution in [0, 0.1) is 23.6 Å². The minimum absolute atomic E-state index is 0. The molecule has 3 aliphatic rings. The van der Waals surface area contributed by atoms with E-state index in [4.69, 9.17) is 0 Å². The maximum absolute atomic E-state index is 13.0. The monoisotopic (exact) mass is 361 g/mol. The van der Waals surface area contributed by atoms with E-state index in [1.54, 1.807) is 12.1 Å². The van der Waals surface area contributed by atoms with Crippen LogP contribution < -0.4 is 10.2 Å². The zero-order valence-electron chi connectivity index (χ0n) is 13.3. The second-order valence-corrected chi connectivity index (χ2v) is 6.77. The number of hydrogen-bond acceptors (Lipinski definition) is 3. The van der Waals surface area contributed by atoms with Gasteiger partial charge in [-0.25, -0.2) is 4.39 Å². The Morgan fingerprint density at radius 3 is 2.35 bits per heavy atom. The lowest BCUT2D eigenvalue weighted by Gasteiger charge is -2.24. The molecular formula is C17H26Cl2FN3. The number of benzene rings is 1. The average molecular weight is 362 g/mol. The number of nitrogens with one attached hydrogen (secondary N) is 1. The molecule has 3 atom stereocenters. The van der Waals surface area contributed by atoms with Crippen LogP contribution in [0.4, 0.5) is 10.1 Å². The standard InChI is InChI=1S/C17H24FN3.2ClH/c18-13-2-4-14(5-3-13)21-7-1-6-20(8-9-21)12-17-15-10-19-11-16(15)17;;/h2-5,15-17,19H,1,6-12H2;2*1H/t15-,16+,17?;;. The van der Waals surface area contributed by atoms with Crippen molar-refractivity contribution < 1.29 is 4.39 Å². The van der Waals surface area contributed by atoms with Crippen LogP contribution in [0.5, 0.6) is 0 Å². The van der Waals surface area contributed by atoms with Gasteiger partial charge in [-0.05, 0) is 68.1 Å². The van der Waals surface area contributed by atoms with Crippen molar-refractivity contribution in [2.24, 2.45) is 17.8 Å². The van der Waals surface area contributed by atoms with Gasteiger partial charge >= 0.3 is 0 Å². The van der Waals surface area contributed by atoms with Gasteiger partial charge in [0.05, 0.1) is 0 Å². The maximum atomic E-state index is 13.0. The van der Waals surface area contributed by atoms with Crippen LogP contribution in [0.1, 0.15) is 6.42 Å². The normalized spacial score (nSPS) is 30.0. The highest BCUT2D eigenvalue weighted by Crippen LogP contribution is 2.48. The molecule has 0 aromatic heterocycles. The van der Waals surface area contributed by atoms with Crippen molar-refractivity contribution in [3.8, 4) is 0 Å². The molecule has 1 aromatic carbocycles. The Morgan fingerprint density at radius 2 is 1.65 bits per heavy atom. The van der Waals surface area contributed by atoms with Crippen LogP contribution >= 0.6 is 24.8 Å². The van der Waals surface area contributed by atoms with E-state index in [1.165, 1.54) is 32.6 Å². The molecular weight excluding hydrogens is 336 g/mol. The van der Waals surface area contributed by atoms with E-state index < -0.39 is 0 Å². The fraction of sp³-hybridized carbons (Fsp3) is 0.647. The van der Waals surface area contributed by atoms with E-state index >= 15 is 0 Å². The number of hydrogen-bond donors (Lipinski definition) is 1. The van der Waals surface area contributed by atoms with Gasteiger partial charge in [0.25, 0.3) is 0 Å². The number of halogens is 3. The number of nitrogens with zero attached hydrogens (tertiary/aromatic N) is 2. The van der Waals surface area contributed by atoms with Gasteiger partial charge in [-0.2, -0.15) is 0 Å². The molecule has 2 aliphatic heterocycles. The summed E-state index contributed by atoms with van der Waals surface area (Å²) in [4.78, 5) is 5.04. The van der Waals surface area contributed by atoms with E-state index in [0.717, 1.165) is 43.1 Å². The summed E-state index contributed by atoms with van der Waals surface area (Å²) in [6.07, 6.45) is 1.21. The van der Waals surface area contributed by atoms with Crippen LogP contribution in [0.25, 0.3) is 0 Å². The first-order valence-electron chi connectivity index (χ1n) is 8.25. The molecule has 3 nitrogen and oxygen atoms in total. The molecule has 23 heavy (non-hydrogen) atoms. The Kier molecular flexibility index (Phi) is 6.55. The van der Waals surface area contributed by atoms with Crippen molar-refractivity contribution in [3.63, 3.8) is 0 Å². The third kappa shape index (κ3) is 4.11. The van der Waals surface area contributed by atoms with Crippen molar-refractivity contribution in [2.75, 3.05) is 50.7 Å². The van der Waals surface area contributed by atoms with Gasteiger partial charge in [-0.1, -0.05) is 0 Å². The van der Waals surface area contributed by atoms with Crippen molar-refractivity contribution in [1.82, 2.24) is 10.2 Å². The predicted octanol–water partition coefficient (Wildman–Crippen LogP) is 2.65.